The van der Waals surface area contributed by atoms with E-state index < -0.39 is 9.84 Å². The largest absolute Gasteiger partial charge is 0.504 e. The molecule has 8 heavy (non-hydrogen) atoms. The van der Waals surface area contributed by atoms with Crippen LogP contribution in [0.3, 0.4) is 0 Å². The van der Waals surface area contributed by atoms with Crippen molar-refractivity contribution in [1.29, 1.82) is 0 Å². The van der Waals surface area contributed by atoms with Gasteiger partial charge in [0.15, 0.2) is 9.84 Å². The Bertz CT molecular complexity index is 166. The van der Waals surface area contributed by atoms with Crippen molar-refractivity contribution in [2.24, 2.45) is 0 Å². The summed E-state index contributed by atoms with van der Waals surface area (Å²) in [6, 6.07) is 0. The molecule has 0 aliphatic heterocycles. The molecule has 0 aromatic heterocycles. The standard InChI is InChI=1S/C4H8O3S/c1-7-3-4-8(2,5)6/h3-4H,1-2H3. The van der Waals surface area contributed by atoms with Crippen LogP contribution in [0.2, 0.25) is 0 Å². The lowest BCUT2D eigenvalue weighted by molar-refractivity contribution is 0.338. The second-order valence-corrected chi connectivity index (χ2v) is 3.27. The van der Waals surface area contributed by atoms with Gasteiger partial charge in [-0.2, -0.15) is 0 Å². The summed E-state index contributed by atoms with van der Waals surface area (Å²) in [5, 5.41) is 0.993. The molecule has 0 heterocycles. The van der Waals surface area contributed by atoms with Crippen molar-refractivity contribution in [1.82, 2.24) is 0 Å². The van der Waals surface area contributed by atoms with Gasteiger partial charge in [0.2, 0.25) is 0 Å². The Labute approximate surface area is 48.9 Å². The molecule has 0 spiro atoms. The molecule has 0 radical (unpaired) electrons. The average Bonchev–Trinajstić information content (AvgIpc) is 1.59. The molecule has 3 nitrogen and oxygen atoms in total. The summed E-state index contributed by atoms with van der Waals surface area (Å²) in [4.78, 5) is 0. The van der Waals surface area contributed by atoms with E-state index in [1.165, 1.54) is 7.11 Å². The second-order valence-electron chi connectivity index (χ2n) is 1.34. The topological polar surface area (TPSA) is 43.4 Å². The highest BCUT2D eigenvalue weighted by atomic mass is 32.2. The number of rotatable bonds is 2. The minimum absolute atomic E-state index is 0.993. The van der Waals surface area contributed by atoms with E-state index >= 15 is 0 Å². The fourth-order valence-electron chi connectivity index (χ4n) is 0.156. The van der Waals surface area contributed by atoms with Crippen molar-refractivity contribution < 1.29 is 13.2 Å². The Morgan fingerprint density at radius 3 is 2.12 bits per heavy atom. The highest BCUT2D eigenvalue weighted by molar-refractivity contribution is 7.93. The lowest BCUT2D eigenvalue weighted by Gasteiger charge is -1.83. The second kappa shape index (κ2) is 2.71. The van der Waals surface area contributed by atoms with Crippen molar-refractivity contribution in [2.45, 2.75) is 0 Å². The summed E-state index contributed by atoms with van der Waals surface area (Å²) >= 11 is 0. The van der Waals surface area contributed by atoms with Crippen LogP contribution >= 0.6 is 0 Å². The maximum Gasteiger partial charge on any atom is 0.171 e. The maximum atomic E-state index is 10.2. The van der Waals surface area contributed by atoms with Crippen molar-refractivity contribution in [3.63, 3.8) is 0 Å². The van der Waals surface area contributed by atoms with Gasteiger partial charge in [-0.05, 0) is 0 Å². The van der Waals surface area contributed by atoms with Crippen molar-refractivity contribution >= 4 is 9.84 Å². The van der Waals surface area contributed by atoms with Crippen LogP contribution in [-0.2, 0) is 14.6 Å². The molecule has 0 N–H and O–H groups in total. The Balaban J connectivity index is 3.92. The summed E-state index contributed by atoms with van der Waals surface area (Å²) in [6.07, 6.45) is 2.22. The normalized spacial score (nSPS) is 12.2. The minimum atomic E-state index is -2.99. The van der Waals surface area contributed by atoms with E-state index in [0.29, 0.717) is 0 Å². The van der Waals surface area contributed by atoms with Crippen LogP contribution in [-0.4, -0.2) is 21.8 Å². The van der Waals surface area contributed by atoms with E-state index in [1.54, 1.807) is 0 Å². The number of methoxy groups -OCH3 is 1. The Kier molecular flexibility index (Phi) is 2.54. The first kappa shape index (κ1) is 7.49. The van der Waals surface area contributed by atoms with Crippen molar-refractivity contribution in [3.05, 3.63) is 11.7 Å². The molecule has 0 unspecified atom stereocenters. The molecule has 0 bridgehead atoms. The van der Waals surface area contributed by atoms with Gasteiger partial charge in [-0.25, -0.2) is 8.42 Å². The summed E-state index contributed by atoms with van der Waals surface area (Å²) in [5.74, 6) is 0. The summed E-state index contributed by atoms with van der Waals surface area (Å²) < 4.78 is 24.8. The monoisotopic (exact) mass is 136 g/mol. The van der Waals surface area contributed by atoms with Crippen molar-refractivity contribution in [3.8, 4) is 0 Å². The number of ether oxygens (including phenoxy) is 1. The molecular formula is C4H8O3S. The first-order chi connectivity index (χ1) is 3.56. The van der Waals surface area contributed by atoms with E-state index in [1.807, 2.05) is 0 Å². The maximum absolute atomic E-state index is 10.2. The van der Waals surface area contributed by atoms with Gasteiger partial charge >= 0.3 is 0 Å². The first-order valence-corrected chi connectivity index (χ1v) is 3.91. The molecule has 0 aliphatic carbocycles. The molecule has 0 saturated heterocycles. The predicted octanol–water partition coefficient (Wildman–Crippen LogP) is 0.149. The van der Waals surface area contributed by atoms with Gasteiger partial charge in [-0.1, -0.05) is 0 Å². The van der Waals surface area contributed by atoms with Gasteiger partial charge in [0.1, 0.15) is 0 Å². The van der Waals surface area contributed by atoms with E-state index in [9.17, 15) is 8.42 Å². The minimum Gasteiger partial charge on any atom is -0.504 e. The third-order valence-electron chi connectivity index (χ3n) is 0.439. The molecular weight excluding hydrogens is 128 g/mol. The highest BCUT2D eigenvalue weighted by Gasteiger charge is 1.89. The Hall–Kier alpha value is -0.510. The molecule has 0 saturated carbocycles. The van der Waals surface area contributed by atoms with Crippen LogP contribution in [0.1, 0.15) is 0 Å². The van der Waals surface area contributed by atoms with Crippen LogP contribution in [0.5, 0.6) is 0 Å². The van der Waals surface area contributed by atoms with Gasteiger partial charge in [0.25, 0.3) is 0 Å². The molecule has 0 atom stereocenters. The van der Waals surface area contributed by atoms with Gasteiger partial charge in [-0.3, -0.25) is 0 Å². The van der Waals surface area contributed by atoms with E-state index in [4.69, 9.17) is 0 Å². The summed E-state index contributed by atoms with van der Waals surface area (Å²) in [7, 11) is -1.60. The van der Waals surface area contributed by atoms with Crippen LogP contribution in [0.25, 0.3) is 0 Å². The molecule has 0 aromatic carbocycles. The fourth-order valence-corrected chi connectivity index (χ4v) is 0.469. The van der Waals surface area contributed by atoms with E-state index in [2.05, 4.69) is 4.74 Å². The molecule has 0 aromatic rings. The summed E-state index contributed by atoms with van der Waals surface area (Å²) in [5.41, 5.74) is 0. The third-order valence-corrected chi connectivity index (χ3v) is 1.04. The summed E-state index contributed by atoms with van der Waals surface area (Å²) in [6.45, 7) is 0. The quantitative estimate of drug-likeness (QED) is 0.507. The number of sulfone groups is 1. The zero-order chi connectivity index (χ0) is 6.62. The SMILES string of the molecule is COC=CS(C)(=O)=O. The molecule has 0 aliphatic rings. The molecule has 0 amide bonds. The van der Waals surface area contributed by atoms with Gasteiger partial charge < -0.3 is 4.74 Å². The van der Waals surface area contributed by atoms with Crippen LogP contribution < -0.4 is 0 Å². The molecule has 4 heteroatoms. The van der Waals surface area contributed by atoms with Crippen molar-refractivity contribution in [2.75, 3.05) is 13.4 Å². The Morgan fingerprint density at radius 1 is 1.50 bits per heavy atom. The third kappa shape index (κ3) is 5.49. The lowest BCUT2D eigenvalue weighted by Crippen LogP contribution is -1.87. The Morgan fingerprint density at radius 2 is 2.00 bits per heavy atom. The highest BCUT2D eigenvalue weighted by Crippen LogP contribution is 1.83. The zero-order valence-electron chi connectivity index (χ0n) is 4.79. The fraction of sp³-hybridized carbons (Fsp3) is 0.500. The lowest BCUT2D eigenvalue weighted by atomic mass is 11.1. The number of hydrogen-bond donors (Lipinski definition) is 0. The van der Waals surface area contributed by atoms with Gasteiger partial charge in [0.05, 0.1) is 18.8 Å². The molecule has 0 fully saturated rings. The number of hydrogen-bond acceptors (Lipinski definition) is 3. The molecule has 0 rings (SSSR count). The van der Waals surface area contributed by atoms with Crippen LogP contribution in [0, 0.1) is 0 Å². The zero-order valence-corrected chi connectivity index (χ0v) is 5.60. The average molecular weight is 136 g/mol. The molecule has 48 valence electrons. The first-order valence-electron chi connectivity index (χ1n) is 1.95. The van der Waals surface area contributed by atoms with E-state index in [-0.39, 0.29) is 0 Å². The van der Waals surface area contributed by atoms with E-state index in [0.717, 1.165) is 17.9 Å². The van der Waals surface area contributed by atoms with Gasteiger partial charge in [0, 0.05) is 6.26 Å². The van der Waals surface area contributed by atoms with Crippen LogP contribution in [0.4, 0.5) is 0 Å². The smallest absolute Gasteiger partial charge is 0.171 e. The van der Waals surface area contributed by atoms with Crippen LogP contribution in [0.15, 0.2) is 11.7 Å². The van der Waals surface area contributed by atoms with Gasteiger partial charge in [-0.15, -0.1) is 0 Å². The predicted molar refractivity (Wildman–Crippen MR) is 31.0 cm³/mol.